The number of nitrogens with zero attached hydrogens (tertiary/aromatic N) is 8. The maximum absolute atomic E-state index is 12.7. The summed E-state index contributed by atoms with van der Waals surface area (Å²) in [6, 6.07) is 42.6. The Morgan fingerprint density at radius 1 is 0.436 bits per heavy atom. The third-order valence-electron chi connectivity index (χ3n) is 22.9. The molecule has 0 bridgehead atoms. The van der Waals surface area contributed by atoms with Crippen molar-refractivity contribution in [3.05, 3.63) is 162 Å². The summed E-state index contributed by atoms with van der Waals surface area (Å²) in [5.41, 5.74) is 7.18. The molecule has 0 spiro atoms. The lowest BCUT2D eigenvalue weighted by atomic mass is 10.0. The van der Waals surface area contributed by atoms with E-state index in [9.17, 15) is 52.7 Å². The van der Waals surface area contributed by atoms with Crippen LogP contribution in [0.3, 0.4) is 0 Å². The number of nitrogens with one attached hydrogen (secondary N) is 7. The third kappa shape index (κ3) is 24.8. The van der Waals surface area contributed by atoms with E-state index in [-0.39, 0.29) is 78.5 Å². The van der Waals surface area contributed by atoms with Crippen LogP contribution in [0, 0.1) is 11.8 Å². The molecule has 5 aliphatic rings. The number of likely N-dealkylation sites (tertiary alicyclic amines) is 1. The normalized spacial score (nSPS) is 17.6. The van der Waals surface area contributed by atoms with Gasteiger partial charge in [-0.1, -0.05) is 66.6 Å². The molecule has 33 nitrogen and oxygen atoms in total. The number of ether oxygens (including phenoxy) is 7. The number of aryl methyl sites for hydroxylation is 1. The highest BCUT2D eigenvalue weighted by atomic mass is 32.1. The summed E-state index contributed by atoms with van der Waals surface area (Å²) in [4.78, 5) is 150. The van der Waals surface area contributed by atoms with Crippen LogP contribution in [0.2, 0.25) is 0 Å². The minimum atomic E-state index is -0.535. The summed E-state index contributed by atoms with van der Waals surface area (Å²) in [5, 5.41) is 28.5. The van der Waals surface area contributed by atoms with Gasteiger partial charge in [-0.2, -0.15) is 0 Å². The highest BCUT2D eigenvalue weighted by Gasteiger charge is 2.36. The van der Waals surface area contributed by atoms with E-state index < -0.39 is 47.1 Å². The summed E-state index contributed by atoms with van der Waals surface area (Å²) in [6.07, 6.45) is 7.94. The summed E-state index contributed by atoms with van der Waals surface area (Å²) >= 11 is 1.63. The fraction of sp³-hybridized carbons (Fsp3) is 0.434. The zero-order valence-corrected chi connectivity index (χ0v) is 77.3. The second kappa shape index (κ2) is 43.5. The van der Waals surface area contributed by atoms with Crippen molar-refractivity contribution in [3.8, 4) is 11.8 Å². The van der Waals surface area contributed by atoms with Gasteiger partial charge in [0.2, 0.25) is 47.3 Å². The van der Waals surface area contributed by atoms with Gasteiger partial charge in [0.25, 0.3) is 0 Å². The van der Waals surface area contributed by atoms with Crippen LogP contribution < -0.4 is 37.2 Å². The number of carbonyl (C=O) groups is 11. The van der Waals surface area contributed by atoms with E-state index in [4.69, 9.17) is 43.1 Å². The molecule has 0 saturated carbocycles. The lowest BCUT2D eigenvalue weighted by Gasteiger charge is -2.32. The number of imide groups is 4. The predicted octanol–water partition coefficient (Wildman–Crippen LogP) is 13.3. The minimum absolute atomic E-state index is 0.147. The number of rotatable bonds is 25. The van der Waals surface area contributed by atoms with Crippen molar-refractivity contribution in [1.82, 2.24) is 75.3 Å². The SMILES string of the molecule is CC(C)(C)OC(=O)NC1CCN(CCc2ccc3c(c2)c2cccnc2n3C2CCC(=O)NC2=O)CC1.CC(C)(C)OC(=O)NCCOCCOCC#Cc1ccc2c3ccccc3n(C3CCC(=O)NC3=O)c2n1.CC(C)(C)OC(=O)NCCOCCOCCCc1ccc2c3ccccc3n(C3CCC(=O)NC3=O)c2n1.O=C1CCC(n2c3ccccc3c3ccsc32)C(=O)N1. The molecule has 4 unspecified atom stereocenters. The number of para-hydroxylation sites is 3. The van der Waals surface area contributed by atoms with Gasteiger partial charge >= 0.3 is 18.3 Å². The molecule has 8 aromatic heterocycles. The number of alkyl carbamates (subject to hydrolysis) is 3. The van der Waals surface area contributed by atoms with E-state index in [0.717, 1.165) is 133 Å². The number of thiophene rings is 1. The van der Waals surface area contributed by atoms with Gasteiger partial charge in [-0.15, -0.1) is 11.3 Å². The van der Waals surface area contributed by atoms with E-state index in [1.54, 1.807) is 38.3 Å². The van der Waals surface area contributed by atoms with Crippen LogP contribution in [0.1, 0.15) is 174 Å². The van der Waals surface area contributed by atoms with Crippen LogP contribution in [0.5, 0.6) is 0 Å². The number of pyridine rings is 3. The Balaban J connectivity index is 0.000000145. The molecule has 0 radical (unpaired) electrons. The van der Waals surface area contributed by atoms with Crippen LogP contribution in [0.15, 0.2) is 145 Å². The van der Waals surface area contributed by atoms with Crippen molar-refractivity contribution < 1.29 is 85.9 Å². The van der Waals surface area contributed by atoms with Crippen molar-refractivity contribution in [2.24, 2.45) is 0 Å². The quantitative estimate of drug-likeness (QED) is 0.0121. The van der Waals surface area contributed by atoms with Gasteiger partial charge in [0, 0.05) is 126 Å². The van der Waals surface area contributed by atoms with Gasteiger partial charge in [0.05, 0.1) is 61.7 Å². The Morgan fingerprint density at radius 3 is 1.41 bits per heavy atom. The zero-order valence-electron chi connectivity index (χ0n) is 76.5. The number of aromatic nitrogens is 7. The Morgan fingerprint density at radius 2 is 0.880 bits per heavy atom. The van der Waals surface area contributed by atoms with Gasteiger partial charge in [0.1, 0.15) is 75.0 Å². The standard InChI is InChI=1S/C28H35N5O4.C28H36N4O6.C28H32N4O6.C15H12N2O2S/c1-28(2,3)37-27(36)30-19-11-15-32(16-12-19)14-10-18-6-7-22-21(17-18)20-5-4-13-29-25(20)33(22)23-8-9-24(34)31-26(23)35;2*1-28(2,3)38-27(35)29-14-16-37-18-17-36-15-6-7-19-10-11-21-20-8-4-5-9-22(20)32(25(21)30-19)23-12-13-24(33)31-26(23)34;18-13-6-5-12(14(19)16-13)17-11-4-2-1-3-9(11)10-7-8-20-15(10)17/h4-7,13,17,19,23H,8-12,14-16H2,1-3H3,(H,30,36)(H,31,34,35);4-5,8-11,23H,6-7,12-18H2,1-3H3,(H,29,35)(H,31,33,34);4-5,8-11,23H,12-18H2,1-3H3,(H,29,35)(H,31,33,34);1-4,7-8,12H,5-6H2,(H,16,18,19). The zero-order chi connectivity index (χ0) is 94.1. The molecule has 133 heavy (non-hydrogen) atoms. The molecule has 7 N–H and O–H groups in total. The first-order chi connectivity index (χ1) is 63.9. The first-order valence-electron chi connectivity index (χ1n) is 45.3. The van der Waals surface area contributed by atoms with E-state index in [0.29, 0.717) is 116 Å². The summed E-state index contributed by atoms with van der Waals surface area (Å²) in [5.74, 6) is 4.01. The maximum Gasteiger partial charge on any atom is 0.407 e. The molecular formula is C99H115N15O18S. The van der Waals surface area contributed by atoms with Crippen molar-refractivity contribution in [3.63, 3.8) is 0 Å². The molecule has 11 amide bonds. The molecule has 5 aliphatic heterocycles. The van der Waals surface area contributed by atoms with Crippen molar-refractivity contribution >= 4 is 164 Å². The van der Waals surface area contributed by atoms with E-state index in [2.05, 4.69) is 99.9 Å². The molecule has 5 fully saturated rings. The highest BCUT2D eigenvalue weighted by molar-refractivity contribution is 7.17. The van der Waals surface area contributed by atoms with Gasteiger partial charge in [-0.3, -0.25) is 59.6 Å². The van der Waals surface area contributed by atoms with E-state index in [1.807, 2.05) is 158 Å². The van der Waals surface area contributed by atoms with E-state index >= 15 is 0 Å². The van der Waals surface area contributed by atoms with Crippen molar-refractivity contribution in [2.45, 2.75) is 193 Å². The third-order valence-corrected chi connectivity index (χ3v) is 23.8. The molecule has 700 valence electrons. The summed E-state index contributed by atoms with van der Waals surface area (Å²) < 4.78 is 45.7. The summed E-state index contributed by atoms with van der Waals surface area (Å²) in [7, 11) is 0. The summed E-state index contributed by atoms with van der Waals surface area (Å²) in [6.45, 7) is 23.1. The van der Waals surface area contributed by atoms with Gasteiger partial charge in [-0.05, 0) is 210 Å². The molecular weight excluding hydrogens is 1720 g/mol. The fourth-order valence-corrected chi connectivity index (χ4v) is 18.0. The first kappa shape index (κ1) is 96.0. The van der Waals surface area contributed by atoms with Crippen molar-refractivity contribution in [2.75, 3.05) is 85.6 Å². The van der Waals surface area contributed by atoms with Crippen LogP contribution in [0.25, 0.3) is 86.9 Å². The fourth-order valence-electron chi connectivity index (χ4n) is 17.0. The van der Waals surface area contributed by atoms with Gasteiger partial charge in [-0.25, -0.2) is 29.3 Å². The Hall–Kier alpha value is -13.0. The molecule has 0 aliphatic carbocycles. The van der Waals surface area contributed by atoms with Crippen LogP contribution in [0.4, 0.5) is 14.4 Å². The monoisotopic (exact) mass is 1830 g/mol. The number of benzene rings is 4. The molecule has 34 heteroatoms. The van der Waals surface area contributed by atoms with Crippen LogP contribution in [-0.2, 0) is 84.4 Å². The Labute approximate surface area is 773 Å². The van der Waals surface area contributed by atoms with Crippen LogP contribution >= 0.6 is 11.3 Å². The lowest BCUT2D eigenvalue weighted by Crippen LogP contribution is -2.46. The maximum atomic E-state index is 12.7. The van der Waals surface area contributed by atoms with Gasteiger partial charge < -0.3 is 72.3 Å². The average molecular weight is 1840 g/mol. The molecule has 4 atom stereocenters. The molecule has 12 aromatic rings. The van der Waals surface area contributed by atoms with Crippen LogP contribution in [-0.4, -0.2) is 212 Å². The Kier molecular flexibility index (Phi) is 31.4. The smallest absolute Gasteiger partial charge is 0.407 e. The first-order valence-corrected chi connectivity index (χ1v) is 46.2. The second-order valence-corrected chi connectivity index (χ2v) is 37.1. The number of hydrogen-bond donors (Lipinski definition) is 7. The number of piperidine rings is 5. The topological polar surface area (TPSA) is 398 Å². The highest BCUT2D eigenvalue weighted by Crippen LogP contribution is 2.40. The number of fused-ring (bicyclic) bond motifs is 12. The molecule has 4 aromatic carbocycles. The molecule has 5 saturated heterocycles. The van der Waals surface area contributed by atoms with E-state index in [1.165, 1.54) is 10.9 Å². The predicted molar refractivity (Wildman–Crippen MR) is 504 cm³/mol. The number of hydrogen-bond acceptors (Lipinski definition) is 23. The number of carbonyl (C=O) groups excluding carboxylic acids is 11. The molecule has 17 rings (SSSR count). The van der Waals surface area contributed by atoms with Gasteiger partial charge in [0.15, 0.2) is 0 Å². The Bertz CT molecular complexity index is 6380. The minimum Gasteiger partial charge on any atom is -0.444 e. The second-order valence-electron chi connectivity index (χ2n) is 36.2. The average Bonchev–Trinajstić information content (AvgIpc) is 1.61. The largest absolute Gasteiger partial charge is 0.444 e. The van der Waals surface area contributed by atoms with Crippen molar-refractivity contribution in [1.29, 1.82) is 0 Å². The number of amides is 11. The molecule has 13 heterocycles. The lowest BCUT2D eigenvalue weighted by molar-refractivity contribution is -0.137.